The highest BCUT2D eigenvalue weighted by Crippen LogP contribution is 2.13. The molecule has 1 atom stereocenters. The van der Waals surface area contributed by atoms with Crippen LogP contribution in [0.4, 0.5) is 10.6 Å². The number of carbonyl (C=O) groups excluding carboxylic acids is 1. The quantitative estimate of drug-likeness (QED) is 0.829. The third kappa shape index (κ3) is 3.66. The molecule has 1 aliphatic heterocycles. The van der Waals surface area contributed by atoms with Gasteiger partial charge in [0.25, 0.3) is 0 Å². The number of sulfone groups is 1. The number of carbonyl (C=O) groups is 1. The first-order chi connectivity index (χ1) is 9.37. The molecule has 1 aromatic heterocycles. The van der Waals surface area contributed by atoms with Gasteiger partial charge in [-0.1, -0.05) is 0 Å². The topological polar surface area (TPSA) is 92.3 Å². The van der Waals surface area contributed by atoms with Gasteiger partial charge >= 0.3 is 6.03 Å². The van der Waals surface area contributed by atoms with Gasteiger partial charge in [0.15, 0.2) is 9.84 Å². The number of nitrogens with one attached hydrogen (secondary N) is 1. The molecule has 110 valence electrons. The Balaban J connectivity index is 2.08. The predicted molar refractivity (Wildman–Crippen MR) is 75.2 cm³/mol. The molecule has 2 rings (SSSR count). The predicted octanol–water partition coefficient (Wildman–Crippen LogP) is 0.826. The molecular formula is C12H18N4O3S. The molecule has 1 saturated heterocycles. The number of rotatable bonds is 1. The van der Waals surface area contributed by atoms with E-state index in [1.807, 2.05) is 0 Å². The van der Waals surface area contributed by atoms with Crippen molar-refractivity contribution in [2.24, 2.45) is 0 Å². The van der Waals surface area contributed by atoms with E-state index >= 15 is 0 Å². The van der Waals surface area contributed by atoms with Crippen LogP contribution in [0, 0.1) is 6.92 Å². The summed E-state index contributed by atoms with van der Waals surface area (Å²) in [5.41, 5.74) is 0. The van der Waals surface area contributed by atoms with Gasteiger partial charge in [0, 0.05) is 18.8 Å². The Bertz CT molecular complexity index is 602. The molecule has 1 N–H and O–H groups in total. The number of amides is 2. The Morgan fingerprint density at radius 1 is 1.50 bits per heavy atom. The Labute approximate surface area is 118 Å². The monoisotopic (exact) mass is 298 g/mol. The van der Waals surface area contributed by atoms with Crippen LogP contribution >= 0.6 is 0 Å². The SMILES string of the molecule is Cc1nccc(NC(=O)N2CCCS(=O)(=O)CC2C)n1. The summed E-state index contributed by atoms with van der Waals surface area (Å²) in [5.74, 6) is 1.12. The lowest BCUT2D eigenvalue weighted by molar-refractivity contribution is 0.199. The Kier molecular flexibility index (Phi) is 4.22. The molecule has 7 nitrogen and oxygen atoms in total. The van der Waals surface area contributed by atoms with Crippen molar-refractivity contribution in [1.29, 1.82) is 0 Å². The first kappa shape index (κ1) is 14.7. The molecule has 0 aromatic carbocycles. The molecule has 1 unspecified atom stereocenters. The summed E-state index contributed by atoms with van der Waals surface area (Å²) in [5, 5.41) is 2.68. The number of aryl methyl sites for hydroxylation is 1. The molecule has 0 radical (unpaired) electrons. The smallest absolute Gasteiger partial charge is 0.321 e. The summed E-state index contributed by atoms with van der Waals surface area (Å²) in [7, 11) is -3.06. The maximum absolute atomic E-state index is 12.2. The summed E-state index contributed by atoms with van der Waals surface area (Å²) in [6.07, 6.45) is 2.02. The van der Waals surface area contributed by atoms with Gasteiger partial charge in [-0.15, -0.1) is 0 Å². The van der Waals surface area contributed by atoms with Gasteiger partial charge in [0.05, 0.1) is 11.5 Å². The maximum atomic E-state index is 12.2. The number of hydrogen-bond donors (Lipinski definition) is 1. The minimum absolute atomic E-state index is 0.00320. The van der Waals surface area contributed by atoms with Gasteiger partial charge < -0.3 is 4.90 Å². The summed E-state index contributed by atoms with van der Waals surface area (Å²) in [6, 6.07) is 0.933. The summed E-state index contributed by atoms with van der Waals surface area (Å²) in [4.78, 5) is 21.8. The second-order valence-corrected chi connectivity index (χ2v) is 7.16. The van der Waals surface area contributed by atoms with Crippen molar-refractivity contribution in [2.75, 3.05) is 23.4 Å². The first-order valence-corrected chi connectivity index (χ1v) is 8.27. The number of anilines is 1. The van der Waals surface area contributed by atoms with Crippen LogP contribution in [-0.4, -0.2) is 53.4 Å². The average molecular weight is 298 g/mol. The van der Waals surface area contributed by atoms with Crippen LogP contribution < -0.4 is 5.32 Å². The summed E-state index contributed by atoms with van der Waals surface area (Å²) in [6.45, 7) is 3.90. The van der Waals surface area contributed by atoms with Crippen LogP contribution in [0.15, 0.2) is 12.3 Å². The number of nitrogens with zero attached hydrogens (tertiary/aromatic N) is 3. The molecule has 1 aliphatic rings. The number of hydrogen-bond acceptors (Lipinski definition) is 5. The lowest BCUT2D eigenvalue weighted by Gasteiger charge is -2.26. The van der Waals surface area contributed by atoms with Gasteiger partial charge in [0.2, 0.25) is 0 Å². The number of urea groups is 1. The van der Waals surface area contributed by atoms with E-state index in [0.717, 1.165) is 0 Å². The summed E-state index contributed by atoms with van der Waals surface area (Å²) >= 11 is 0. The van der Waals surface area contributed by atoms with Crippen molar-refractivity contribution >= 4 is 21.7 Å². The lowest BCUT2D eigenvalue weighted by Crippen LogP contribution is -2.43. The Morgan fingerprint density at radius 2 is 2.25 bits per heavy atom. The van der Waals surface area contributed by atoms with E-state index in [2.05, 4.69) is 15.3 Å². The van der Waals surface area contributed by atoms with Crippen LogP contribution in [0.5, 0.6) is 0 Å². The minimum Gasteiger partial charge on any atom is -0.321 e. The molecule has 1 aromatic rings. The lowest BCUT2D eigenvalue weighted by atomic mass is 10.3. The van der Waals surface area contributed by atoms with Crippen molar-refractivity contribution < 1.29 is 13.2 Å². The Morgan fingerprint density at radius 3 is 2.95 bits per heavy atom. The van der Waals surface area contributed by atoms with Crippen LogP contribution in [0.2, 0.25) is 0 Å². The van der Waals surface area contributed by atoms with E-state index in [1.54, 1.807) is 31.0 Å². The van der Waals surface area contributed by atoms with Gasteiger partial charge in [-0.25, -0.2) is 23.2 Å². The molecule has 0 aliphatic carbocycles. The molecule has 0 saturated carbocycles. The molecule has 0 bridgehead atoms. The van der Waals surface area contributed by atoms with Crippen LogP contribution in [0.3, 0.4) is 0 Å². The molecule has 2 heterocycles. The average Bonchev–Trinajstić information content (AvgIpc) is 2.46. The zero-order chi connectivity index (χ0) is 14.8. The molecule has 0 spiro atoms. The fourth-order valence-electron chi connectivity index (χ4n) is 2.22. The highest BCUT2D eigenvalue weighted by molar-refractivity contribution is 7.91. The van der Waals surface area contributed by atoms with Gasteiger partial charge in [-0.05, 0) is 26.3 Å². The second kappa shape index (κ2) is 5.74. The highest BCUT2D eigenvalue weighted by atomic mass is 32.2. The van der Waals surface area contributed by atoms with E-state index in [9.17, 15) is 13.2 Å². The van der Waals surface area contributed by atoms with Crippen molar-refractivity contribution in [2.45, 2.75) is 26.3 Å². The van der Waals surface area contributed by atoms with E-state index < -0.39 is 9.84 Å². The number of aromatic nitrogens is 2. The summed E-state index contributed by atoms with van der Waals surface area (Å²) < 4.78 is 23.3. The van der Waals surface area contributed by atoms with E-state index in [1.165, 1.54) is 0 Å². The second-order valence-electron chi connectivity index (χ2n) is 4.93. The standard InChI is InChI=1S/C12H18N4O3S/c1-9-8-20(18,19)7-3-6-16(9)12(17)15-11-4-5-13-10(2)14-11/h4-5,9H,3,6-8H2,1-2H3,(H,13,14,15,17). The molecule has 20 heavy (non-hydrogen) atoms. The highest BCUT2D eigenvalue weighted by Gasteiger charge is 2.28. The zero-order valence-electron chi connectivity index (χ0n) is 11.5. The van der Waals surface area contributed by atoms with E-state index in [4.69, 9.17) is 0 Å². The third-order valence-corrected chi connectivity index (χ3v) is 5.05. The fourth-order valence-corrected chi connectivity index (χ4v) is 3.88. The largest absolute Gasteiger partial charge is 0.323 e. The van der Waals surface area contributed by atoms with Crippen LogP contribution in [-0.2, 0) is 9.84 Å². The fraction of sp³-hybridized carbons (Fsp3) is 0.583. The molecule has 2 amide bonds. The third-order valence-electron chi connectivity index (χ3n) is 3.15. The van der Waals surface area contributed by atoms with Gasteiger partial charge in [0.1, 0.15) is 11.6 Å². The van der Waals surface area contributed by atoms with Crippen molar-refractivity contribution in [3.05, 3.63) is 18.1 Å². The maximum Gasteiger partial charge on any atom is 0.323 e. The molecular weight excluding hydrogens is 280 g/mol. The molecule has 1 fully saturated rings. The van der Waals surface area contributed by atoms with Crippen molar-refractivity contribution in [3.8, 4) is 0 Å². The van der Waals surface area contributed by atoms with Crippen LogP contribution in [0.1, 0.15) is 19.2 Å². The van der Waals surface area contributed by atoms with Crippen molar-refractivity contribution in [3.63, 3.8) is 0 Å². The minimum atomic E-state index is -3.06. The van der Waals surface area contributed by atoms with Gasteiger partial charge in [-0.2, -0.15) is 0 Å². The van der Waals surface area contributed by atoms with Gasteiger partial charge in [-0.3, -0.25) is 5.32 Å². The normalized spacial score (nSPS) is 22.1. The molecule has 8 heteroatoms. The first-order valence-electron chi connectivity index (χ1n) is 6.45. The Hall–Kier alpha value is -1.70. The van der Waals surface area contributed by atoms with Crippen LogP contribution in [0.25, 0.3) is 0 Å². The zero-order valence-corrected chi connectivity index (χ0v) is 12.4. The van der Waals surface area contributed by atoms with Crippen molar-refractivity contribution in [1.82, 2.24) is 14.9 Å². The van der Waals surface area contributed by atoms with E-state index in [-0.39, 0.29) is 23.6 Å². The van der Waals surface area contributed by atoms with E-state index in [0.29, 0.717) is 24.6 Å².